The molecule has 0 bridgehead atoms. The van der Waals surface area contributed by atoms with E-state index in [0.717, 1.165) is 29.9 Å². The largest absolute Gasteiger partial charge is 0.494 e. The lowest BCUT2D eigenvalue weighted by Gasteiger charge is -2.15. The van der Waals surface area contributed by atoms with Gasteiger partial charge < -0.3 is 20.3 Å². The number of hydrogen-bond acceptors (Lipinski definition) is 4. The highest BCUT2D eigenvalue weighted by atomic mass is 16.5. The van der Waals surface area contributed by atoms with Gasteiger partial charge in [0, 0.05) is 13.1 Å². The Morgan fingerprint density at radius 1 is 1.12 bits per heavy atom. The van der Waals surface area contributed by atoms with Gasteiger partial charge in [0.2, 0.25) is 0 Å². The molecular weight excluding hydrogens is 330 g/mol. The monoisotopic (exact) mass is 365 g/mol. The average Bonchev–Trinajstić information content (AvgIpc) is 2.56. The highest BCUT2D eigenvalue weighted by molar-refractivity contribution is 5.67. The van der Waals surface area contributed by atoms with Gasteiger partial charge >= 0.3 is 5.97 Å². The van der Waals surface area contributed by atoms with Crippen molar-refractivity contribution in [2.75, 3.05) is 13.2 Å². The quantitative estimate of drug-likeness (QED) is 0.435. The number of hydrogen-bond donors (Lipinski definition) is 3. The molecule has 1 aromatic rings. The van der Waals surface area contributed by atoms with Crippen LogP contribution < -0.4 is 10.1 Å². The maximum atomic E-state index is 10.6. The van der Waals surface area contributed by atoms with Crippen LogP contribution in [0.25, 0.3) is 0 Å². The fraction of sp³-hybridized carbons (Fsp3) is 0.667. The molecule has 0 aliphatic rings. The minimum Gasteiger partial charge on any atom is -0.494 e. The summed E-state index contributed by atoms with van der Waals surface area (Å²) < 4.78 is 5.89. The van der Waals surface area contributed by atoms with Crippen molar-refractivity contribution in [3.8, 4) is 5.75 Å². The van der Waals surface area contributed by atoms with Crippen LogP contribution in [0.4, 0.5) is 0 Å². The van der Waals surface area contributed by atoms with E-state index in [2.05, 4.69) is 38.2 Å². The number of aryl methyl sites for hydroxylation is 2. The molecule has 26 heavy (non-hydrogen) atoms. The van der Waals surface area contributed by atoms with Crippen LogP contribution in [-0.4, -0.2) is 35.4 Å². The highest BCUT2D eigenvalue weighted by Gasteiger charge is 2.10. The van der Waals surface area contributed by atoms with Crippen LogP contribution in [0.15, 0.2) is 12.1 Å². The molecule has 0 amide bonds. The number of rotatable bonds is 14. The second kappa shape index (κ2) is 12.7. The molecule has 0 saturated carbocycles. The zero-order valence-corrected chi connectivity index (χ0v) is 16.5. The maximum absolute atomic E-state index is 10.6. The first-order valence-corrected chi connectivity index (χ1v) is 9.77. The molecule has 1 aromatic carbocycles. The van der Waals surface area contributed by atoms with Gasteiger partial charge in [0.15, 0.2) is 0 Å². The average molecular weight is 366 g/mol. The molecule has 1 rings (SSSR count). The topological polar surface area (TPSA) is 78.8 Å². The van der Waals surface area contributed by atoms with Crippen molar-refractivity contribution in [2.45, 2.75) is 78.4 Å². The van der Waals surface area contributed by atoms with Gasteiger partial charge in [0.05, 0.1) is 19.1 Å². The molecule has 0 radical (unpaired) electrons. The van der Waals surface area contributed by atoms with Crippen LogP contribution >= 0.6 is 0 Å². The number of unbranched alkanes of at least 4 members (excludes halogenated alkanes) is 5. The first kappa shape index (κ1) is 22.5. The van der Waals surface area contributed by atoms with E-state index in [-0.39, 0.29) is 13.0 Å². The Morgan fingerprint density at radius 3 is 2.35 bits per heavy atom. The summed E-state index contributed by atoms with van der Waals surface area (Å²) >= 11 is 0. The van der Waals surface area contributed by atoms with Crippen LogP contribution in [0, 0.1) is 13.8 Å². The Bertz CT molecular complexity index is 522. The Kier molecular flexibility index (Phi) is 11.0. The van der Waals surface area contributed by atoms with Gasteiger partial charge in [-0.15, -0.1) is 0 Å². The molecule has 148 valence electrons. The summed E-state index contributed by atoms with van der Waals surface area (Å²) in [6, 6.07) is 4.10. The Hall–Kier alpha value is -1.59. The normalized spacial score (nSPS) is 12.2. The maximum Gasteiger partial charge on any atom is 0.306 e. The third kappa shape index (κ3) is 9.20. The lowest BCUT2D eigenvalue weighted by atomic mass is 10.0. The Labute approximate surface area is 157 Å². The number of aliphatic hydroxyl groups excluding tert-OH is 1. The third-order valence-corrected chi connectivity index (χ3v) is 4.53. The van der Waals surface area contributed by atoms with Crippen molar-refractivity contribution in [3.05, 3.63) is 28.8 Å². The summed E-state index contributed by atoms with van der Waals surface area (Å²) in [7, 11) is 0. The predicted molar refractivity (Wildman–Crippen MR) is 105 cm³/mol. The minimum absolute atomic E-state index is 0.240. The zero-order valence-electron chi connectivity index (χ0n) is 16.5. The number of ether oxygens (including phenoxy) is 1. The summed E-state index contributed by atoms with van der Waals surface area (Å²) in [4.78, 5) is 10.6. The molecule has 1 atom stereocenters. The van der Waals surface area contributed by atoms with Gasteiger partial charge in [-0.3, -0.25) is 4.79 Å². The van der Waals surface area contributed by atoms with Gasteiger partial charge in [0.1, 0.15) is 5.75 Å². The van der Waals surface area contributed by atoms with Crippen molar-refractivity contribution in [1.82, 2.24) is 5.32 Å². The van der Waals surface area contributed by atoms with Crippen molar-refractivity contribution < 1.29 is 19.7 Å². The smallest absolute Gasteiger partial charge is 0.306 e. The first-order chi connectivity index (χ1) is 12.4. The molecule has 0 saturated heterocycles. The lowest BCUT2D eigenvalue weighted by molar-refractivity contribution is -0.139. The van der Waals surface area contributed by atoms with Gasteiger partial charge in [0.25, 0.3) is 0 Å². The molecule has 0 aromatic heterocycles. The van der Waals surface area contributed by atoms with Crippen molar-refractivity contribution in [3.63, 3.8) is 0 Å². The molecule has 0 aliphatic carbocycles. The molecule has 0 aliphatic heterocycles. The van der Waals surface area contributed by atoms with Crippen LogP contribution in [-0.2, 0) is 11.3 Å². The van der Waals surface area contributed by atoms with E-state index in [1.54, 1.807) is 0 Å². The van der Waals surface area contributed by atoms with Crippen molar-refractivity contribution in [1.29, 1.82) is 0 Å². The third-order valence-electron chi connectivity index (χ3n) is 4.53. The Morgan fingerprint density at radius 2 is 1.73 bits per heavy atom. The van der Waals surface area contributed by atoms with Crippen LogP contribution in [0.1, 0.15) is 68.6 Å². The number of carbonyl (C=O) groups is 1. The number of benzene rings is 1. The van der Waals surface area contributed by atoms with Crippen LogP contribution in [0.2, 0.25) is 0 Å². The summed E-state index contributed by atoms with van der Waals surface area (Å²) in [6.45, 7) is 7.95. The van der Waals surface area contributed by atoms with E-state index in [0.29, 0.717) is 6.54 Å². The van der Waals surface area contributed by atoms with Crippen molar-refractivity contribution in [2.24, 2.45) is 0 Å². The molecule has 0 spiro atoms. The lowest BCUT2D eigenvalue weighted by Crippen LogP contribution is -2.28. The number of nitrogens with one attached hydrogen (secondary N) is 1. The minimum atomic E-state index is -0.987. The predicted octanol–water partition coefficient (Wildman–Crippen LogP) is 3.97. The summed E-state index contributed by atoms with van der Waals surface area (Å²) in [5.74, 6) is -0.0817. The molecule has 1 unspecified atom stereocenters. The van der Waals surface area contributed by atoms with E-state index in [4.69, 9.17) is 9.84 Å². The molecule has 0 fully saturated rings. The van der Waals surface area contributed by atoms with E-state index in [1.165, 1.54) is 37.7 Å². The Balaban J connectivity index is 2.38. The molecule has 0 heterocycles. The summed E-state index contributed by atoms with van der Waals surface area (Å²) in [5.41, 5.74) is 3.45. The summed E-state index contributed by atoms with van der Waals surface area (Å²) in [6.07, 6.45) is 6.40. The number of aliphatic hydroxyl groups is 1. The molecule has 5 nitrogen and oxygen atoms in total. The molecule has 3 N–H and O–H groups in total. The van der Waals surface area contributed by atoms with Gasteiger partial charge in [-0.05, 0) is 49.1 Å². The SMILES string of the molecule is CCCCCCCCOc1cc(C)c(CNCC(O)CC(=O)O)c(C)c1. The number of aliphatic carboxylic acids is 1. The van der Waals surface area contributed by atoms with Crippen LogP contribution in [0.5, 0.6) is 5.75 Å². The highest BCUT2D eigenvalue weighted by Crippen LogP contribution is 2.22. The zero-order chi connectivity index (χ0) is 19.4. The number of carboxylic acids is 1. The van der Waals surface area contributed by atoms with Gasteiger partial charge in [-0.1, -0.05) is 39.0 Å². The molecular formula is C21H35NO4. The van der Waals surface area contributed by atoms with Crippen molar-refractivity contribution >= 4 is 5.97 Å². The summed E-state index contributed by atoms with van der Waals surface area (Å²) in [5, 5.41) is 21.4. The second-order valence-corrected chi connectivity index (χ2v) is 7.03. The molecule has 5 heteroatoms. The first-order valence-electron chi connectivity index (χ1n) is 9.77. The van der Waals surface area contributed by atoms with Crippen LogP contribution in [0.3, 0.4) is 0 Å². The van der Waals surface area contributed by atoms with E-state index >= 15 is 0 Å². The van der Waals surface area contributed by atoms with Gasteiger partial charge in [-0.2, -0.15) is 0 Å². The number of carboxylic acid groups (broad SMARTS) is 1. The van der Waals surface area contributed by atoms with E-state index < -0.39 is 12.1 Å². The fourth-order valence-electron chi connectivity index (χ4n) is 3.03. The van der Waals surface area contributed by atoms with E-state index in [9.17, 15) is 9.90 Å². The standard InChI is InChI=1S/C21H35NO4/c1-4-5-6-7-8-9-10-26-19-11-16(2)20(17(3)12-19)15-22-14-18(23)13-21(24)25/h11-12,18,22-23H,4-10,13-15H2,1-3H3,(H,24,25). The second-order valence-electron chi connectivity index (χ2n) is 7.03. The van der Waals surface area contributed by atoms with Gasteiger partial charge in [-0.25, -0.2) is 0 Å². The van der Waals surface area contributed by atoms with E-state index in [1.807, 2.05) is 0 Å². The fourth-order valence-corrected chi connectivity index (χ4v) is 3.03.